The number of hydrogen-bond donors (Lipinski definition) is 1. The van der Waals surface area contributed by atoms with Crippen LogP contribution in [0.15, 0.2) is 0 Å². The van der Waals surface area contributed by atoms with Crippen LogP contribution in [0.4, 0.5) is 0 Å². The molecule has 1 fully saturated rings. The number of nitrogens with one attached hydrogen (secondary N) is 1. The van der Waals surface area contributed by atoms with E-state index in [-0.39, 0.29) is 18.6 Å². The lowest BCUT2D eigenvalue weighted by Crippen LogP contribution is -2.47. The van der Waals surface area contributed by atoms with Gasteiger partial charge in [-0.3, -0.25) is 4.79 Å². The lowest BCUT2D eigenvalue weighted by Gasteiger charge is -2.30. The summed E-state index contributed by atoms with van der Waals surface area (Å²) in [7, 11) is 2.09. The molecular weight excluding hydrogens is 192 g/mol. The first-order valence-electron chi connectivity index (χ1n) is 5.67. The molecule has 1 aliphatic rings. The van der Waals surface area contributed by atoms with Crippen molar-refractivity contribution >= 4 is 5.91 Å². The van der Waals surface area contributed by atoms with Crippen LogP contribution in [0.3, 0.4) is 0 Å². The van der Waals surface area contributed by atoms with Gasteiger partial charge in [-0.05, 0) is 40.3 Å². The van der Waals surface area contributed by atoms with Gasteiger partial charge >= 0.3 is 0 Å². The van der Waals surface area contributed by atoms with E-state index in [4.69, 9.17) is 4.74 Å². The van der Waals surface area contributed by atoms with Gasteiger partial charge in [0.25, 0.3) is 0 Å². The summed E-state index contributed by atoms with van der Waals surface area (Å²) in [5.74, 6) is 0.00370. The SMILES string of the molecule is CC(C)OCC(=O)NC1CCCN(C)C1. The second kappa shape index (κ2) is 6.08. The van der Waals surface area contributed by atoms with Crippen molar-refractivity contribution in [2.75, 3.05) is 26.7 Å². The van der Waals surface area contributed by atoms with Crippen LogP contribution in [0.1, 0.15) is 26.7 Å². The number of rotatable bonds is 4. The van der Waals surface area contributed by atoms with Gasteiger partial charge in [0.15, 0.2) is 0 Å². The first-order chi connectivity index (χ1) is 7.08. The average molecular weight is 214 g/mol. The average Bonchev–Trinajstić information content (AvgIpc) is 2.15. The summed E-state index contributed by atoms with van der Waals surface area (Å²) < 4.78 is 5.25. The fraction of sp³-hybridized carbons (Fsp3) is 0.909. The van der Waals surface area contributed by atoms with Crippen molar-refractivity contribution in [3.05, 3.63) is 0 Å². The van der Waals surface area contributed by atoms with Crippen molar-refractivity contribution < 1.29 is 9.53 Å². The second-order valence-electron chi connectivity index (χ2n) is 4.53. The Bertz CT molecular complexity index is 207. The van der Waals surface area contributed by atoms with Crippen molar-refractivity contribution in [3.8, 4) is 0 Å². The Morgan fingerprint density at radius 2 is 2.33 bits per heavy atom. The lowest BCUT2D eigenvalue weighted by atomic mass is 10.1. The number of ether oxygens (including phenoxy) is 1. The molecule has 15 heavy (non-hydrogen) atoms. The molecule has 0 saturated carbocycles. The third-order valence-corrected chi connectivity index (χ3v) is 2.54. The highest BCUT2D eigenvalue weighted by molar-refractivity contribution is 5.77. The van der Waals surface area contributed by atoms with Gasteiger partial charge in [0, 0.05) is 12.6 Å². The van der Waals surface area contributed by atoms with Crippen LogP contribution in [0, 0.1) is 0 Å². The van der Waals surface area contributed by atoms with Crippen LogP contribution in [0.25, 0.3) is 0 Å². The molecule has 4 heteroatoms. The highest BCUT2D eigenvalue weighted by Gasteiger charge is 2.18. The molecule has 0 aromatic rings. The number of carbonyl (C=O) groups excluding carboxylic acids is 1. The summed E-state index contributed by atoms with van der Waals surface area (Å²) in [5.41, 5.74) is 0. The van der Waals surface area contributed by atoms with Crippen molar-refractivity contribution in [1.82, 2.24) is 10.2 Å². The molecule has 1 heterocycles. The number of carbonyl (C=O) groups is 1. The molecule has 1 N–H and O–H groups in total. The topological polar surface area (TPSA) is 41.6 Å². The van der Waals surface area contributed by atoms with Gasteiger partial charge in [-0.25, -0.2) is 0 Å². The highest BCUT2D eigenvalue weighted by Crippen LogP contribution is 2.07. The molecule has 88 valence electrons. The van der Waals surface area contributed by atoms with Crippen molar-refractivity contribution in [1.29, 1.82) is 0 Å². The predicted molar refractivity (Wildman–Crippen MR) is 59.7 cm³/mol. The highest BCUT2D eigenvalue weighted by atomic mass is 16.5. The monoisotopic (exact) mass is 214 g/mol. The van der Waals surface area contributed by atoms with Crippen LogP contribution in [-0.4, -0.2) is 49.7 Å². The number of nitrogens with zero attached hydrogens (tertiary/aromatic N) is 1. The Labute approximate surface area is 92.0 Å². The van der Waals surface area contributed by atoms with Gasteiger partial charge < -0.3 is 15.0 Å². The second-order valence-corrected chi connectivity index (χ2v) is 4.53. The number of amides is 1. The zero-order valence-corrected chi connectivity index (χ0v) is 9.95. The molecule has 0 spiro atoms. The van der Waals surface area contributed by atoms with Gasteiger partial charge in [-0.1, -0.05) is 0 Å². The maximum absolute atomic E-state index is 11.5. The number of hydrogen-bond acceptors (Lipinski definition) is 3. The van der Waals surface area contributed by atoms with Crippen LogP contribution >= 0.6 is 0 Å². The Morgan fingerprint density at radius 3 is 2.93 bits per heavy atom. The number of likely N-dealkylation sites (tertiary alicyclic amines) is 1. The first kappa shape index (κ1) is 12.5. The molecule has 1 saturated heterocycles. The van der Waals surface area contributed by atoms with Gasteiger partial charge in [-0.15, -0.1) is 0 Å². The minimum absolute atomic E-state index is 0.00370. The zero-order chi connectivity index (χ0) is 11.3. The van der Waals surface area contributed by atoms with E-state index in [0.29, 0.717) is 6.04 Å². The molecular formula is C11H22N2O2. The number of likely N-dealkylation sites (N-methyl/N-ethyl adjacent to an activating group) is 1. The summed E-state index contributed by atoms with van der Waals surface area (Å²) in [4.78, 5) is 13.7. The zero-order valence-electron chi connectivity index (χ0n) is 9.95. The fourth-order valence-electron chi connectivity index (χ4n) is 1.80. The molecule has 0 aromatic heterocycles. The van der Waals surface area contributed by atoms with Crippen molar-refractivity contribution in [3.63, 3.8) is 0 Å². The molecule has 0 aliphatic carbocycles. The summed E-state index contributed by atoms with van der Waals surface area (Å²) in [6.07, 6.45) is 2.36. The third kappa shape index (κ3) is 5.14. The maximum Gasteiger partial charge on any atom is 0.246 e. The lowest BCUT2D eigenvalue weighted by molar-refractivity contribution is -0.128. The van der Waals surface area contributed by atoms with Crippen LogP contribution in [0.2, 0.25) is 0 Å². The predicted octanol–water partition coefficient (Wildman–Crippen LogP) is 0.622. The minimum Gasteiger partial charge on any atom is -0.369 e. The van der Waals surface area contributed by atoms with E-state index in [1.165, 1.54) is 0 Å². The maximum atomic E-state index is 11.5. The largest absolute Gasteiger partial charge is 0.369 e. The van der Waals surface area contributed by atoms with Gasteiger partial charge in [-0.2, -0.15) is 0 Å². The molecule has 1 amide bonds. The van der Waals surface area contributed by atoms with Crippen LogP contribution in [0.5, 0.6) is 0 Å². The normalized spacial score (nSPS) is 23.1. The van der Waals surface area contributed by atoms with E-state index in [1.807, 2.05) is 13.8 Å². The molecule has 1 unspecified atom stereocenters. The third-order valence-electron chi connectivity index (χ3n) is 2.54. The van der Waals surface area contributed by atoms with Gasteiger partial charge in [0.05, 0.1) is 6.10 Å². The van der Waals surface area contributed by atoms with E-state index in [9.17, 15) is 4.79 Å². The van der Waals surface area contributed by atoms with Crippen LogP contribution in [-0.2, 0) is 9.53 Å². The molecule has 1 aliphatic heterocycles. The first-order valence-corrected chi connectivity index (χ1v) is 5.67. The summed E-state index contributed by atoms with van der Waals surface area (Å²) in [6.45, 7) is 6.13. The summed E-state index contributed by atoms with van der Waals surface area (Å²) in [5, 5.41) is 3.00. The molecule has 0 radical (unpaired) electrons. The minimum atomic E-state index is 0.00370. The van der Waals surface area contributed by atoms with Crippen molar-refractivity contribution in [2.45, 2.75) is 38.8 Å². The van der Waals surface area contributed by atoms with Crippen LogP contribution < -0.4 is 5.32 Å². The summed E-state index contributed by atoms with van der Waals surface area (Å²) >= 11 is 0. The standard InChI is InChI=1S/C11H22N2O2/c1-9(2)15-8-11(14)12-10-5-4-6-13(3)7-10/h9-10H,4-8H2,1-3H3,(H,12,14). The number of piperidine rings is 1. The Hall–Kier alpha value is -0.610. The van der Waals surface area contributed by atoms with E-state index in [1.54, 1.807) is 0 Å². The Kier molecular flexibility index (Phi) is 5.05. The molecule has 0 aromatic carbocycles. The fourth-order valence-corrected chi connectivity index (χ4v) is 1.80. The molecule has 1 rings (SSSR count). The molecule has 1 atom stereocenters. The smallest absolute Gasteiger partial charge is 0.246 e. The van der Waals surface area contributed by atoms with E-state index in [0.717, 1.165) is 25.9 Å². The molecule has 4 nitrogen and oxygen atoms in total. The Morgan fingerprint density at radius 1 is 1.60 bits per heavy atom. The van der Waals surface area contributed by atoms with E-state index >= 15 is 0 Å². The quantitative estimate of drug-likeness (QED) is 0.746. The van der Waals surface area contributed by atoms with E-state index in [2.05, 4.69) is 17.3 Å². The van der Waals surface area contributed by atoms with E-state index < -0.39 is 0 Å². The van der Waals surface area contributed by atoms with Gasteiger partial charge in [0.2, 0.25) is 5.91 Å². The van der Waals surface area contributed by atoms with Crippen molar-refractivity contribution in [2.24, 2.45) is 0 Å². The molecule has 0 bridgehead atoms. The summed E-state index contributed by atoms with van der Waals surface area (Å²) in [6, 6.07) is 0.298. The van der Waals surface area contributed by atoms with Gasteiger partial charge in [0.1, 0.15) is 6.61 Å². The Balaban J connectivity index is 2.19.